The second kappa shape index (κ2) is 11.7. The molecule has 0 radical (unpaired) electrons. The molecular formula is C32H50N2O6S. The van der Waals surface area contributed by atoms with E-state index < -0.39 is 16.1 Å². The standard InChI is InChI=1S/C32H50N2O6S/c1-5-24-27-19-21(35)14-16-32(27,3)26-15-17-31(2)20(8-13-25(31)28(26)29(24)36)7-6-18-33-30(37)34-41(38,39)23-11-9-22(40-4)10-12-23/h9-12,20-21,24-29,35-36H,5-8,13-19H2,1-4H3,(H2,33,34,37)/t20-,21+,24+,25-,26-,27-,28-,29+,31+,32+/m0/s1. The van der Waals surface area contributed by atoms with Gasteiger partial charge in [-0.25, -0.2) is 17.9 Å². The van der Waals surface area contributed by atoms with Crippen LogP contribution in [0, 0.1) is 46.3 Å². The Bertz CT molecular complexity index is 1190. The van der Waals surface area contributed by atoms with Crippen LogP contribution >= 0.6 is 0 Å². The minimum atomic E-state index is -3.96. The monoisotopic (exact) mass is 590 g/mol. The van der Waals surface area contributed by atoms with Crippen molar-refractivity contribution in [1.82, 2.24) is 10.0 Å². The summed E-state index contributed by atoms with van der Waals surface area (Å²) in [6.45, 7) is 7.53. The van der Waals surface area contributed by atoms with Crippen LogP contribution in [-0.2, 0) is 10.0 Å². The van der Waals surface area contributed by atoms with Gasteiger partial charge < -0.3 is 20.3 Å². The number of benzene rings is 1. The number of hydrogen-bond acceptors (Lipinski definition) is 6. The maximum absolute atomic E-state index is 12.6. The van der Waals surface area contributed by atoms with E-state index in [4.69, 9.17) is 4.74 Å². The molecule has 0 saturated heterocycles. The van der Waals surface area contributed by atoms with Gasteiger partial charge in [-0.1, -0.05) is 27.2 Å². The Morgan fingerprint density at radius 1 is 1.00 bits per heavy atom. The molecule has 41 heavy (non-hydrogen) atoms. The lowest BCUT2D eigenvalue weighted by molar-refractivity contribution is -0.202. The van der Waals surface area contributed by atoms with Crippen molar-refractivity contribution in [3.05, 3.63) is 24.3 Å². The number of nitrogens with one attached hydrogen (secondary N) is 2. The second-order valence-electron chi connectivity index (χ2n) is 13.9. The average molecular weight is 591 g/mol. The number of urea groups is 1. The third-order valence-electron chi connectivity index (χ3n) is 12.2. The Hall–Kier alpha value is -1.84. The minimum absolute atomic E-state index is 0.00812. The molecule has 10 atom stereocenters. The predicted octanol–water partition coefficient (Wildman–Crippen LogP) is 5.09. The summed E-state index contributed by atoms with van der Waals surface area (Å²) in [5.74, 6) is 3.09. The molecule has 1 aromatic rings. The number of aliphatic hydroxyl groups excluding tert-OH is 2. The molecule has 230 valence electrons. The summed E-state index contributed by atoms with van der Waals surface area (Å²) >= 11 is 0. The molecule has 0 heterocycles. The molecule has 4 saturated carbocycles. The van der Waals surface area contributed by atoms with Gasteiger partial charge in [0.05, 0.1) is 24.2 Å². The van der Waals surface area contributed by atoms with Crippen LogP contribution in [0.15, 0.2) is 29.2 Å². The van der Waals surface area contributed by atoms with Crippen molar-refractivity contribution >= 4 is 16.1 Å². The van der Waals surface area contributed by atoms with Gasteiger partial charge in [0.1, 0.15) is 5.75 Å². The number of rotatable bonds is 8. The first-order valence-electron chi connectivity index (χ1n) is 15.8. The first kappa shape index (κ1) is 30.6. The minimum Gasteiger partial charge on any atom is -0.497 e. The normalized spacial score (nSPS) is 40.1. The zero-order valence-corrected chi connectivity index (χ0v) is 26.0. The van der Waals surface area contributed by atoms with Gasteiger partial charge in [0.15, 0.2) is 0 Å². The third-order valence-corrected chi connectivity index (χ3v) is 13.5. The number of carbonyl (C=O) groups excluding carboxylic acids is 1. The molecule has 0 aromatic heterocycles. The highest BCUT2D eigenvalue weighted by Gasteiger charge is 2.64. The number of ether oxygens (including phenoxy) is 1. The van der Waals surface area contributed by atoms with E-state index in [0.29, 0.717) is 41.9 Å². The Morgan fingerprint density at radius 2 is 1.68 bits per heavy atom. The van der Waals surface area contributed by atoms with E-state index >= 15 is 0 Å². The van der Waals surface area contributed by atoms with E-state index in [1.54, 1.807) is 12.1 Å². The van der Waals surface area contributed by atoms with Crippen molar-refractivity contribution in [1.29, 1.82) is 0 Å². The zero-order chi connectivity index (χ0) is 29.6. The number of aliphatic hydroxyl groups is 2. The maximum Gasteiger partial charge on any atom is 0.328 e. The van der Waals surface area contributed by atoms with Crippen molar-refractivity contribution < 1.29 is 28.2 Å². The molecule has 0 spiro atoms. The Morgan fingerprint density at radius 3 is 2.37 bits per heavy atom. The van der Waals surface area contributed by atoms with Gasteiger partial charge >= 0.3 is 6.03 Å². The van der Waals surface area contributed by atoms with Crippen LogP contribution in [0.3, 0.4) is 0 Å². The van der Waals surface area contributed by atoms with Crippen molar-refractivity contribution in [2.75, 3.05) is 13.7 Å². The molecule has 9 heteroatoms. The lowest BCUT2D eigenvalue weighted by Gasteiger charge is -2.64. The van der Waals surface area contributed by atoms with Crippen LogP contribution in [-0.4, -0.2) is 50.5 Å². The van der Waals surface area contributed by atoms with Gasteiger partial charge in [0.25, 0.3) is 10.0 Å². The van der Waals surface area contributed by atoms with Crippen LogP contribution in [0.4, 0.5) is 4.79 Å². The summed E-state index contributed by atoms with van der Waals surface area (Å²) in [6, 6.07) is 5.19. The van der Waals surface area contributed by atoms with Crippen LogP contribution in [0.5, 0.6) is 5.75 Å². The quantitative estimate of drug-likeness (QED) is 0.313. The lowest BCUT2D eigenvalue weighted by atomic mass is 9.41. The van der Waals surface area contributed by atoms with Gasteiger partial charge in [-0.2, -0.15) is 0 Å². The summed E-state index contributed by atoms with van der Waals surface area (Å²) in [5.41, 5.74) is 0.379. The second-order valence-corrected chi connectivity index (χ2v) is 15.6. The molecule has 4 fully saturated rings. The zero-order valence-electron chi connectivity index (χ0n) is 25.1. The highest BCUT2D eigenvalue weighted by Crippen LogP contribution is 2.69. The van der Waals surface area contributed by atoms with Gasteiger partial charge in [-0.15, -0.1) is 0 Å². The topological polar surface area (TPSA) is 125 Å². The van der Waals surface area contributed by atoms with E-state index in [0.717, 1.165) is 57.8 Å². The Kier molecular flexibility index (Phi) is 8.72. The molecule has 4 aliphatic carbocycles. The highest BCUT2D eigenvalue weighted by molar-refractivity contribution is 7.90. The first-order valence-corrected chi connectivity index (χ1v) is 17.2. The number of sulfonamides is 1. The molecule has 5 rings (SSSR count). The van der Waals surface area contributed by atoms with Gasteiger partial charge in [0, 0.05) is 6.54 Å². The highest BCUT2D eigenvalue weighted by atomic mass is 32.2. The summed E-state index contributed by atoms with van der Waals surface area (Å²) in [6.07, 6.45) is 9.60. The van der Waals surface area contributed by atoms with Crippen LogP contribution < -0.4 is 14.8 Å². The molecule has 2 amide bonds. The average Bonchev–Trinajstić information content (AvgIpc) is 3.28. The largest absolute Gasteiger partial charge is 0.497 e. The number of amides is 2. The van der Waals surface area contributed by atoms with E-state index in [-0.39, 0.29) is 33.9 Å². The maximum atomic E-state index is 12.6. The summed E-state index contributed by atoms with van der Waals surface area (Å²) in [5, 5.41) is 25.1. The molecule has 4 N–H and O–H groups in total. The molecule has 0 bridgehead atoms. The van der Waals surface area contributed by atoms with Gasteiger partial charge in [-0.3, -0.25) is 0 Å². The van der Waals surface area contributed by atoms with E-state index in [9.17, 15) is 23.4 Å². The number of carbonyl (C=O) groups is 1. The van der Waals surface area contributed by atoms with Crippen molar-refractivity contribution in [2.45, 2.75) is 102 Å². The predicted molar refractivity (Wildman–Crippen MR) is 158 cm³/mol. The smallest absolute Gasteiger partial charge is 0.328 e. The van der Waals surface area contributed by atoms with Crippen molar-refractivity contribution in [2.24, 2.45) is 46.3 Å². The van der Waals surface area contributed by atoms with E-state index in [1.165, 1.54) is 25.7 Å². The summed E-state index contributed by atoms with van der Waals surface area (Å²) in [4.78, 5) is 12.4. The molecule has 1 aromatic carbocycles. The summed E-state index contributed by atoms with van der Waals surface area (Å²) < 4.78 is 32.3. The fourth-order valence-corrected chi connectivity index (χ4v) is 11.0. The first-order chi connectivity index (χ1) is 19.4. The van der Waals surface area contributed by atoms with Crippen LogP contribution in [0.1, 0.15) is 85.0 Å². The molecule has 0 unspecified atom stereocenters. The third kappa shape index (κ3) is 5.51. The summed E-state index contributed by atoms with van der Waals surface area (Å²) in [7, 11) is -2.45. The van der Waals surface area contributed by atoms with Crippen LogP contribution in [0.25, 0.3) is 0 Å². The number of hydrogen-bond donors (Lipinski definition) is 4. The van der Waals surface area contributed by atoms with Gasteiger partial charge in [-0.05, 0) is 128 Å². The Balaban J connectivity index is 1.17. The molecule has 4 aliphatic rings. The number of methoxy groups -OCH3 is 1. The van der Waals surface area contributed by atoms with E-state index in [1.807, 2.05) is 0 Å². The van der Waals surface area contributed by atoms with Crippen molar-refractivity contribution in [3.63, 3.8) is 0 Å². The van der Waals surface area contributed by atoms with Crippen molar-refractivity contribution in [3.8, 4) is 5.75 Å². The fraction of sp³-hybridized carbons (Fsp3) is 0.781. The Labute approximate surface area is 246 Å². The molecule has 8 nitrogen and oxygen atoms in total. The fourth-order valence-electron chi connectivity index (χ4n) is 10.1. The van der Waals surface area contributed by atoms with Crippen LogP contribution in [0.2, 0.25) is 0 Å². The lowest BCUT2D eigenvalue weighted by Crippen LogP contribution is -2.62. The van der Waals surface area contributed by atoms with E-state index in [2.05, 4.69) is 30.8 Å². The number of fused-ring (bicyclic) bond motifs is 5. The molecular weight excluding hydrogens is 540 g/mol. The SMILES string of the molecule is CC[C@H]1[C@@H](O)[C@@H]2[C@H](CC[C@]3(C)[C@@H](CCCNC(=O)NS(=O)(=O)c4ccc(OC)cc4)CC[C@@H]23)[C@@]2(C)CC[C@@H](O)C[C@@H]12. The van der Waals surface area contributed by atoms with Gasteiger partial charge in [0.2, 0.25) is 0 Å². The molecule has 0 aliphatic heterocycles.